The van der Waals surface area contributed by atoms with E-state index in [0.717, 1.165) is 71.3 Å². The number of ether oxygens (including phenoxy) is 1. The largest absolute Gasteiger partial charge is 0.379 e. The Balaban J connectivity index is 0.00000341. The molecule has 0 aliphatic carbocycles. The van der Waals surface area contributed by atoms with Crippen molar-refractivity contribution in [2.75, 3.05) is 45.9 Å². The third-order valence-corrected chi connectivity index (χ3v) is 6.09. The zero-order valence-electron chi connectivity index (χ0n) is 19.1. The Morgan fingerprint density at radius 3 is 2.58 bits per heavy atom. The van der Waals surface area contributed by atoms with Crippen LogP contribution in [0.2, 0.25) is 0 Å². The van der Waals surface area contributed by atoms with Crippen molar-refractivity contribution in [3.63, 3.8) is 0 Å². The average molecular weight is 548 g/mol. The Morgan fingerprint density at radius 1 is 1.23 bits per heavy atom. The number of halogens is 2. The number of benzene rings is 1. The van der Waals surface area contributed by atoms with Crippen LogP contribution in [-0.4, -0.2) is 79.8 Å². The maximum absolute atomic E-state index is 13.1. The molecule has 2 saturated heterocycles. The fourth-order valence-electron chi connectivity index (χ4n) is 4.32. The molecule has 0 bridgehead atoms. The number of aliphatic imine (C=N–C) groups is 1. The molecule has 2 atom stereocenters. The molecule has 2 heterocycles. The molecule has 2 aliphatic heterocycles. The molecule has 1 aromatic rings. The van der Waals surface area contributed by atoms with Gasteiger partial charge in [0.2, 0.25) is 0 Å². The second-order valence-corrected chi connectivity index (χ2v) is 8.55. The number of likely N-dealkylation sites (tertiary alicyclic amines) is 1. The predicted molar refractivity (Wildman–Crippen MR) is 136 cm³/mol. The third kappa shape index (κ3) is 8.47. The Bertz CT molecular complexity index is 666. The Morgan fingerprint density at radius 2 is 1.94 bits per heavy atom. The molecule has 0 spiro atoms. The number of hydrogen-bond donors (Lipinski definition) is 2. The van der Waals surface area contributed by atoms with Crippen LogP contribution >= 0.6 is 24.0 Å². The van der Waals surface area contributed by atoms with E-state index in [1.807, 2.05) is 12.1 Å². The van der Waals surface area contributed by atoms with Crippen LogP contribution in [0.4, 0.5) is 4.39 Å². The van der Waals surface area contributed by atoms with Gasteiger partial charge in [0, 0.05) is 50.8 Å². The number of nitrogens with zero attached hydrogens (tertiary/aromatic N) is 3. The van der Waals surface area contributed by atoms with Crippen molar-refractivity contribution in [1.82, 2.24) is 20.4 Å². The SMILES string of the molecule is CCNC(=NCC(C)N1CCOCC1C)NC1CCN(Cc2ccc(F)cc2)CC1.I. The lowest BCUT2D eigenvalue weighted by molar-refractivity contribution is -0.0165. The fraction of sp³-hybridized carbons (Fsp3) is 0.696. The summed E-state index contributed by atoms with van der Waals surface area (Å²) < 4.78 is 18.6. The molecule has 2 fully saturated rings. The quantitative estimate of drug-likeness (QED) is 0.312. The van der Waals surface area contributed by atoms with Crippen molar-refractivity contribution in [2.45, 2.75) is 58.3 Å². The number of nitrogens with one attached hydrogen (secondary N) is 2. The van der Waals surface area contributed by atoms with Gasteiger partial charge in [-0.3, -0.25) is 14.8 Å². The number of guanidine groups is 1. The molecular weight excluding hydrogens is 508 g/mol. The van der Waals surface area contributed by atoms with E-state index in [4.69, 9.17) is 9.73 Å². The van der Waals surface area contributed by atoms with Crippen LogP contribution in [0.25, 0.3) is 0 Å². The molecule has 0 radical (unpaired) electrons. The molecule has 8 heteroatoms. The summed E-state index contributed by atoms with van der Waals surface area (Å²) >= 11 is 0. The number of piperidine rings is 1. The minimum absolute atomic E-state index is 0. The van der Waals surface area contributed by atoms with E-state index in [2.05, 4.69) is 41.2 Å². The first kappa shape index (κ1) is 26.3. The lowest BCUT2D eigenvalue weighted by atomic mass is 10.0. The fourth-order valence-corrected chi connectivity index (χ4v) is 4.32. The van der Waals surface area contributed by atoms with Gasteiger partial charge in [0.25, 0.3) is 0 Å². The van der Waals surface area contributed by atoms with Crippen molar-refractivity contribution in [3.8, 4) is 0 Å². The minimum atomic E-state index is -0.172. The van der Waals surface area contributed by atoms with Crippen LogP contribution in [0, 0.1) is 5.82 Å². The molecule has 0 saturated carbocycles. The highest BCUT2D eigenvalue weighted by atomic mass is 127. The lowest BCUT2D eigenvalue weighted by Crippen LogP contribution is -2.51. The van der Waals surface area contributed by atoms with Crippen LogP contribution in [0.5, 0.6) is 0 Å². The molecule has 0 amide bonds. The van der Waals surface area contributed by atoms with Crippen molar-refractivity contribution < 1.29 is 9.13 Å². The minimum Gasteiger partial charge on any atom is -0.379 e. The normalized spacial score (nSPS) is 22.6. The Labute approximate surface area is 204 Å². The smallest absolute Gasteiger partial charge is 0.191 e. The number of morpholine rings is 1. The van der Waals surface area contributed by atoms with Gasteiger partial charge >= 0.3 is 0 Å². The molecule has 2 aliphatic rings. The first-order chi connectivity index (χ1) is 14.5. The van der Waals surface area contributed by atoms with E-state index < -0.39 is 0 Å². The topological polar surface area (TPSA) is 52.1 Å². The highest BCUT2D eigenvalue weighted by Crippen LogP contribution is 2.15. The monoisotopic (exact) mass is 547 g/mol. The summed E-state index contributed by atoms with van der Waals surface area (Å²) in [4.78, 5) is 9.81. The predicted octanol–water partition coefficient (Wildman–Crippen LogP) is 3.07. The molecule has 6 nitrogen and oxygen atoms in total. The summed E-state index contributed by atoms with van der Waals surface area (Å²) in [6, 6.07) is 8.13. The molecule has 176 valence electrons. The number of hydrogen-bond acceptors (Lipinski definition) is 4. The third-order valence-electron chi connectivity index (χ3n) is 6.09. The molecule has 0 aromatic heterocycles. The zero-order chi connectivity index (χ0) is 21.3. The van der Waals surface area contributed by atoms with Gasteiger partial charge in [0.15, 0.2) is 5.96 Å². The van der Waals surface area contributed by atoms with Gasteiger partial charge in [-0.15, -0.1) is 24.0 Å². The van der Waals surface area contributed by atoms with Crippen LogP contribution in [-0.2, 0) is 11.3 Å². The molecule has 2 unspecified atom stereocenters. The second kappa shape index (κ2) is 13.5. The molecule has 1 aromatic carbocycles. The van der Waals surface area contributed by atoms with E-state index in [-0.39, 0.29) is 29.8 Å². The molecule has 3 rings (SSSR count). The Hall–Kier alpha value is -0.970. The molecule has 2 N–H and O–H groups in total. The van der Waals surface area contributed by atoms with Gasteiger partial charge in [0.1, 0.15) is 5.82 Å². The van der Waals surface area contributed by atoms with Crippen molar-refractivity contribution in [3.05, 3.63) is 35.6 Å². The summed E-state index contributed by atoms with van der Waals surface area (Å²) in [5, 5.41) is 7.04. The van der Waals surface area contributed by atoms with E-state index in [1.165, 1.54) is 5.56 Å². The average Bonchev–Trinajstić information content (AvgIpc) is 2.75. The van der Waals surface area contributed by atoms with Gasteiger partial charge in [-0.25, -0.2) is 4.39 Å². The van der Waals surface area contributed by atoms with Crippen LogP contribution in [0.15, 0.2) is 29.3 Å². The van der Waals surface area contributed by atoms with Crippen LogP contribution in [0.1, 0.15) is 39.2 Å². The summed E-state index contributed by atoms with van der Waals surface area (Å²) in [6.07, 6.45) is 2.17. The maximum Gasteiger partial charge on any atom is 0.191 e. The van der Waals surface area contributed by atoms with Gasteiger partial charge in [-0.1, -0.05) is 12.1 Å². The molecule has 31 heavy (non-hydrogen) atoms. The summed E-state index contributed by atoms with van der Waals surface area (Å²) in [5.41, 5.74) is 1.17. The maximum atomic E-state index is 13.1. The summed E-state index contributed by atoms with van der Waals surface area (Å²) in [5.74, 6) is 0.747. The lowest BCUT2D eigenvalue weighted by Gasteiger charge is -2.37. The van der Waals surface area contributed by atoms with Crippen molar-refractivity contribution in [2.24, 2.45) is 4.99 Å². The van der Waals surface area contributed by atoms with Crippen molar-refractivity contribution in [1.29, 1.82) is 0 Å². The van der Waals surface area contributed by atoms with Gasteiger partial charge in [-0.2, -0.15) is 0 Å². The van der Waals surface area contributed by atoms with E-state index in [1.54, 1.807) is 12.1 Å². The first-order valence-corrected chi connectivity index (χ1v) is 11.4. The summed E-state index contributed by atoms with van der Waals surface area (Å²) in [6.45, 7) is 13.8. The number of rotatable bonds is 7. The Kier molecular flexibility index (Phi) is 11.5. The standard InChI is InChI=1S/C23H38FN5O.HI/c1-4-25-23(26-15-18(2)29-13-14-30-17-19(29)3)27-22-9-11-28(12-10-22)16-20-5-7-21(24)8-6-20;/h5-8,18-19,22H,4,9-17H2,1-3H3,(H2,25,26,27);1H. The van der Waals surface area contributed by atoms with Gasteiger partial charge in [0.05, 0.1) is 19.8 Å². The highest BCUT2D eigenvalue weighted by Gasteiger charge is 2.24. The first-order valence-electron chi connectivity index (χ1n) is 11.4. The van der Waals surface area contributed by atoms with E-state index in [9.17, 15) is 4.39 Å². The second-order valence-electron chi connectivity index (χ2n) is 8.55. The zero-order valence-corrected chi connectivity index (χ0v) is 21.5. The van der Waals surface area contributed by atoms with E-state index in [0.29, 0.717) is 18.1 Å². The molecular formula is C23H39FIN5O. The van der Waals surface area contributed by atoms with Crippen LogP contribution in [0.3, 0.4) is 0 Å². The van der Waals surface area contributed by atoms with Crippen molar-refractivity contribution >= 4 is 29.9 Å². The summed E-state index contributed by atoms with van der Waals surface area (Å²) in [7, 11) is 0. The van der Waals surface area contributed by atoms with E-state index >= 15 is 0 Å². The van der Waals surface area contributed by atoms with Crippen LogP contribution < -0.4 is 10.6 Å². The van der Waals surface area contributed by atoms with Gasteiger partial charge < -0.3 is 15.4 Å². The van der Waals surface area contributed by atoms with Gasteiger partial charge in [-0.05, 0) is 51.3 Å². The highest BCUT2D eigenvalue weighted by molar-refractivity contribution is 14.0.